The Bertz CT molecular complexity index is 525. The van der Waals surface area contributed by atoms with Crippen molar-refractivity contribution < 1.29 is 9.59 Å². The van der Waals surface area contributed by atoms with E-state index in [1.165, 1.54) is 0 Å². The molecule has 1 aromatic heterocycles. The van der Waals surface area contributed by atoms with E-state index in [1.54, 1.807) is 31.0 Å². The van der Waals surface area contributed by atoms with Crippen molar-refractivity contribution in [1.29, 1.82) is 0 Å². The molecule has 3 N–H and O–H groups in total. The number of nitrogens with zero attached hydrogens (tertiary/aromatic N) is 2. The van der Waals surface area contributed by atoms with Crippen LogP contribution in [0.1, 0.15) is 32.4 Å². The van der Waals surface area contributed by atoms with Crippen LogP contribution in [0.25, 0.3) is 0 Å². The number of hydrogen-bond acceptors (Lipinski definition) is 5. The number of carbonyl (C=O) groups excluding carboxylic acids is 2. The third-order valence-electron chi connectivity index (χ3n) is 3.35. The summed E-state index contributed by atoms with van der Waals surface area (Å²) in [5.74, 6) is -0.0682. The molecule has 2 amide bonds. The van der Waals surface area contributed by atoms with E-state index in [1.807, 2.05) is 13.0 Å². The van der Waals surface area contributed by atoms with Gasteiger partial charge in [-0.15, -0.1) is 0 Å². The Morgan fingerprint density at radius 3 is 2.79 bits per heavy atom. The minimum atomic E-state index is -0.841. The van der Waals surface area contributed by atoms with Crippen molar-refractivity contribution in [2.45, 2.75) is 32.4 Å². The maximum Gasteiger partial charge on any atom is 0.251 e. The molecule has 2 rings (SSSR count). The Hall–Kier alpha value is -1.95. The third kappa shape index (κ3) is 2.31. The molecule has 1 aliphatic heterocycles. The fraction of sp³-hybridized carbons (Fsp3) is 0.462. The Labute approximate surface area is 112 Å². The molecule has 102 valence electrons. The van der Waals surface area contributed by atoms with Gasteiger partial charge in [-0.2, -0.15) is 0 Å². The number of rotatable bonds is 2. The van der Waals surface area contributed by atoms with Crippen LogP contribution in [0.15, 0.2) is 18.3 Å². The zero-order valence-corrected chi connectivity index (χ0v) is 11.3. The van der Waals surface area contributed by atoms with Gasteiger partial charge in [-0.25, -0.2) is 4.98 Å². The van der Waals surface area contributed by atoms with Gasteiger partial charge in [0.1, 0.15) is 11.4 Å². The second kappa shape index (κ2) is 4.62. The molecule has 0 bridgehead atoms. The first-order valence-corrected chi connectivity index (χ1v) is 6.16. The topological polar surface area (TPSA) is 88.3 Å². The van der Waals surface area contributed by atoms with Crippen molar-refractivity contribution in [3.63, 3.8) is 0 Å². The molecule has 1 aliphatic rings. The SMILES string of the molecule is CC(N)c1cccnc1N1CC(=O)NC(=O)C1(C)C. The quantitative estimate of drug-likeness (QED) is 0.750. The molecule has 0 aliphatic carbocycles. The Kier molecular flexibility index (Phi) is 3.28. The largest absolute Gasteiger partial charge is 0.333 e. The van der Waals surface area contributed by atoms with Crippen molar-refractivity contribution in [3.8, 4) is 0 Å². The number of anilines is 1. The average molecular weight is 262 g/mol. The molecule has 19 heavy (non-hydrogen) atoms. The van der Waals surface area contributed by atoms with E-state index >= 15 is 0 Å². The fourth-order valence-electron chi connectivity index (χ4n) is 2.11. The van der Waals surface area contributed by atoms with Gasteiger partial charge < -0.3 is 10.6 Å². The number of amides is 2. The number of carbonyl (C=O) groups is 2. The molecular weight excluding hydrogens is 244 g/mol. The molecule has 6 nitrogen and oxygen atoms in total. The molecule has 1 saturated heterocycles. The van der Waals surface area contributed by atoms with Crippen LogP contribution in [-0.2, 0) is 9.59 Å². The molecule has 1 unspecified atom stereocenters. The summed E-state index contributed by atoms with van der Waals surface area (Å²) in [5, 5.41) is 2.34. The van der Waals surface area contributed by atoms with Gasteiger partial charge in [-0.3, -0.25) is 14.9 Å². The molecule has 1 aromatic rings. The van der Waals surface area contributed by atoms with Gasteiger partial charge in [0, 0.05) is 17.8 Å². The van der Waals surface area contributed by atoms with Gasteiger partial charge in [0.2, 0.25) is 5.91 Å². The summed E-state index contributed by atoms with van der Waals surface area (Å²) in [6, 6.07) is 3.43. The number of piperazine rings is 1. The summed E-state index contributed by atoms with van der Waals surface area (Å²) in [6.07, 6.45) is 1.63. The maximum atomic E-state index is 12.0. The monoisotopic (exact) mass is 262 g/mol. The highest BCUT2D eigenvalue weighted by molar-refractivity contribution is 6.06. The van der Waals surface area contributed by atoms with Crippen molar-refractivity contribution in [3.05, 3.63) is 23.9 Å². The highest BCUT2D eigenvalue weighted by Gasteiger charge is 2.42. The number of imide groups is 1. The van der Waals surface area contributed by atoms with Gasteiger partial charge in [0.25, 0.3) is 5.91 Å². The maximum absolute atomic E-state index is 12.0. The van der Waals surface area contributed by atoms with Gasteiger partial charge >= 0.3 is 0 Å². The van der Waals surface area contributed by atoms with Crippen LogP contribution in [0.2, 0.25) is 0 Å². The van der Waals surface area contributed by atoms with E-state index < -0.39 is 5.54 Å². The highest BCUT2D eigenvalue weighted by atomic mass is 16.2. The summed E-state index contributed by atoms with van der Waals surface area (Å²) in [5.41, 5.74) is 5.90. The van der Waals surface area contributed by atoms with Crippen LogP contribution < -0.4 is 16.0 Å². The lowest BCUT2D eigenvalue weighted by Gasteiger charge is -2.41. The fourth-order valence-corrected chi connectivity index (χ4v) is 2.11. The molecule has 0 spiro atoms. The molecule has 1 fully saturated rings. The predicted molar refractivity (Wildman–Crippen MR) is 71.4 cm³/mol. The average Bonchev–Trinajstić information content (AvgIpc) is 2.34. The smallest absolute Gasteiger partial charge is 0.251 e. The summed E-state index contributed by atoms with van der Waals surface area (Å²) in [4.78, 5) is 29.6. The van der Waals surface area contributed by atoms with Gasteiger partial charge in [0.15, 0.2) is 0 Å². The molecule has 6 heteroatoms. The number of nitrogens with one attached hydrogen (secondary N) is 1. The van der Waals surface area contributed by atoms with Crippen LogP contribution in [0.4, 0.5) is 5.82 Å². The van der Waals surface area contributed by atoms with Crippen LogP contribution in [0, 0.1) is 0 Å². The van der Waals surface area contributed by atoms with E-state index in [-0.39, 0.29) is 24.4 Å². The first kappa shape index (κ1) is 13.5. The van der Waals surface area contributed by atoms with Crippen molar-refractivity contribution in [2.75, 3.05) is 11.4 Å². The molecule has 0 saturated carbocycles. The van der Waals surface area contributed by atoms with Crippen LogP contribution in [0.3, 0.4) is 0 Å². The third-order valence-corrected chi connectivity index (χ3v) is 3.35. The van der Waals surface area contributed by atoms with E-state index in [0.717, 1.165) is 5.56 Å². The predicted octanol–water partition coefficient (Wildman–Crippen LogP) is 0.343. The summed E-state index contributed by atoms with van der Waals surface area (Å²) >= 11 is 0. The van der Waals surface area contributed by atoms with Gasteiger partial charge in [-0.05, 0) is 26.8 Å². The second-order valence-electron chi connectivity index (χ2n) is 5.23. The zero-order chi connectivity index (χ0) is 14.2. The van der Waals surface area contributed by atoms with E-state index in [0.29, 0.717) is 5.82 Å². The Morgan fingerprint density at radius 1 is 1.47 bits per heavy atom. The molecule has 0 radical (unpaired) electrons. The number of aromatic nitrogens is 1. The van der Waals surface area contributed by atoms with Crippen molar-refractivity contribution in [1.82, 2.24) is 10.3 Å². The van der Waals surface area contributed by atoms with Crippen LogP contribution in [-0.4, -0.2) is 28.9 Å². The molecule has 2 heterocycles. The summed E-state index contributed by atoms with van der Waals surface area (Å²) in [7, 11) is 0. The Morgan fingerprint density at radius 2 is 2.16 bits per heavy atom. The first-order valence-electron chi connectivity index (χ1n) is 6.16. The standard InChI is InChI=1S/C13H18N4O2/c1-8(14)9-5-4-6-15-11(9)17-7-10(18)16-12(19)13(17,2)3/h4-6,8H,7,14H2,1-3H3,(H,16,18,19). The normalized spacial score (nSPS) is 20.1. The van der Waals surface area contributed by atoms with Crippen molar-refractivity contribution in [2.24, 2.45) is 5.73 Å². The highest BCUT2D eigenvalue weighted by Crippen LogP contribution is 2.29. The molecule has 0 aromatic carbocycles. The minimum Gasteiger partial charge on any atom is -0.333 e. The molecule has 1 atom stereocenters. The van der Waals surface area contributed by atoms with Gasteiger partial charge in [0.05, 0.1) is 6.54 Å². The summed E-state index contributed by atoms with van der Waals surface area (Å²) < 4.78 is 0. The van der Waals surface area contributed by atoms with E-state index in [4.69, 9.17) is 5.73 Å². The van der Waals surface area contributed by atoms with E-state index in [2.05, 4.69) is 10.3 Å². The number of nitrogens with two attached hydrogens (primary N) is 1. The first-order chi connectivity index (χ1) is 8.84. The second-order valence-corrected chi connectivity index (χ2v) is 5.23. The number of hydrogen-bond donors (Lipinski definition) is 2. The Balaban J connectivity index is 2.50. The van der Waals surface area contributed by atoms with Crippen molar-refractivity contribution >= 4 is 17.6 Å². The molecular formula is C13H18N4O2. The minimum absolute atomic E-state index is 0.0927. The zero-order valence-electron chi connectivity index (χ0n) is 11.3. The van der Waals surface area contributed by atoms with E-state index in [9.17, 15) is 9.59 Å². The van der Waals surface area contributed by atoms with Crippen LogP contribution >= 0.6 is 0 Å². The lowest BCUT2D eigenvalue weighted by atomic mass is 9.97. The lowest BCUT2D eigenvalue weighted by molar-refractivity contribution is -0.135. The lowest BCUT2D eigenvalue weighted by Crippen LogP contribution is -2.64. The van der Waals surface area contributed by atoms with Gasteiger partial charge in [-0.1, -0.05) is 6.07 Å². The van der Waals surface area contributed by atoms with Crippen LogP contribution in [0.5, 0.6) is 0 Å². The number of pyridine rings is 1. The summed E-state index contributed by atoms with van der Waals surface area (Å²) in [6.45, 7) is 5.46.